The van der Waals surface area contributed by atoms with Crippen LogP contribution >= 0.6 is 0 Å². The SMILES string of the molecule is CS(=O)(=O)N1CCc2cc(C(=O)Nc3cc(C4CCCCCC4)[nH]n3)ccc21. The molecule has 0 unspecified atom stereocenters. The number of aromatic amines is 1. The second-order valence-electron chi connectivity index (χ2n) is 7.78. The Labute approximate surface area is 165 Å². The summed E-state index contributed by atoms with van der Waals surface area (Å²) in [6.07, 6.45) is 9.21. The molecule has 0 spiro atoms. The van der Waals surface area contributed by atoms with Crippen molar-refractivity contribution in [1.82, 2.24) is 10.2 Å². The number of sulfonamides is 1. The molecule has 2 N–H and O–H groups in total. The molecule has 2 aromatic rings. The third-order valence-corrected chi connectivity index (χ3v) is 6.91. The monoisotopic (exact) mass is 402 g/mol. The first-order valence-electron chi connectivity index (χ1n) is 9.89. The Kier molecular flexibility index (Phi) is 5.14. The minimum Gasteiger partial charge on any atom is -0.305 e. The highest BCUT2D eigenvalue weighted by Crippen LogP contribution is 2.32. The summed E-state index contributed by atoms with van der Waals surface area (Å²) >= 11 is 0. The van der Waals surface area contributed by atoms with Gasteiger partial charge < -0.3 is 5.32 Å². The summed E-state index contributed by atoms with van der Waals surface area (Å²) in [7, 11) is -3.29. The van der Waals surface area contributed by atoms with Gasteiger partial charge in [-0.05, 0) is 43.0 Å². The third-order valence-electron chi connectivity index (χ3n) is 5.73. The molecule has 8 heteroatoms. The van der Waals surface area contributed by atoms with Crippen molar-refractivity contribution in [3.63, 3.8) is 0 Å². The summed E-state index contributed by atoms with van der Waals surface area (Å²) in [5.41, 5.74) is 3.14. The zero-order chi connectivity index (χ0) is 19.7. The van der Waals surface area contributed by atoms with Gasteiger partial charge in [0.1, 0.15) is 0 Å². The first kappa shape index (κ1) is 19.0. The minimum absolute atomic E-state index is 0.237. The van der Waals surface area contributed by atoms with Gasteiger partial charge in [0.05, 0.1) is 11.9 Å². The number of hydrogen-bond donors (Lipinski definition) is 2. The molecule has 1 amide bonds. The van der Waals surface area contributed by atoms with Crippen LogP contribution in [0.25, 0.3) is 0 Å². The van der Waals surface area contributed by atoms with Gasteiger partial charge in [-0.2, -0.15) is 5.10 Å². The van der Waals surface area contributed by atoms with E-state index < -0.39 is 10.0 Å². The number of carbonyl (C=O) groups is 1. The highest BCUT2D eigenvalue weighted by atomic mass is 32.2. The van der Waals surface area contributed by atoms with Crippen LogP contribution in [0.2, 0.25) is 0 Å². The maximum absolute atomic E-state index is 12.6. The molecule has 1 saturated carbocycles. The maximum Gasteiger partial charge on any atom is 0.256 e. The molecule has 4 rings (SSSR count). The van der Waals surface area contributed by atoms with E-state index in [-0.39, 0.29) is 5.91 Å². The van der Waals surface area contributed by atoms with Crippen molar-refractivity contribution in [3.05, 3.63) is 41.1 Å². The molecule has 1 aliphatic carbocycles. The Morgan fingerprint density at radius 1 is 1.18 bits per heavy atom. The number of hydrogen-bond acceptors (Lipinski definition) is 4. The standard InChI is InChI=1S/C20H26N4O3S/c1-28(26,27)24-11-10-15-12-16(8-9-18(15)24)20(25)21-19-13-17(22-23-19)14-6-4-2-3-5-7-14/h8-9,12-14H,2-7,10-11H2,1H3,(H2,21,22,23,25). The fraction of sp³-hybridized carbons (Fsp3) is 0.500. The van der Waals surface area contributed by atoms with Gasteiger partial charge in [0, 0.05) is 29.8 Å². The van der Waals surface area contributed by atoms with E-state index in [1.165, 1.54) is 36.2 Å². The zero-order valence-corrected chi connectivity index (χ0v) is 16.9. The van der Waals surface area contributed by atoms with Crippen LogP contribution in [0.1, 0.15) is 66.1 Å². The molecule has 1 aromatic carbocycles. The number of nitrogens with one attached hydrogen (secondary N) is 2. The molecular weight excluding hydrogens is 376 g/mol. The molecule has 0 atom stereocenters. The van der Waals surface area contributed by atoms with Crippen LogP contribution in [-0.4, -0.2) is 37.3 Å². The van der Waals surface area contributed by atoms with Gasteiger partial charge in [-0.15, -0.1) is 0 Å². The number of amides is 1. The maximum atomic E-state index is 12.6. The van der Waals surface area contributed by atoms with Crippen molar-refractivity contribution in [2.24, 2.45) is 0 Å². The van der Waals surface area contributed by atoms with Gasteiger partial charge >= 0.3 is 0 Å². The average Bonchev–Trinajstić information content (AvgIpc) is 3.20. The third kappa shape index (κ3) is 3.92. The van der Waals surface area contributed by atoms with Gasteiger partial charge in [-0.3, -0.25) is 14.2 Å². The second-order valence-corrected chi connectivity index (χ2v) is 9.69. The van der Waals surface area contributed by atoms with E-state index in [2.05, 4.69) is 15.5 Å². The van der Waals surface area contributed by atoms with Crippen LogP contribution in [0.5, 0.6) is 0 Å². The van der Waals surface area contributed by atoms with Gasteiger partial charge in [0.15, 0.2) is 5.82 Å². The first-order chi connectivity index (χ1) is 13.4. The van der Waals surface area contributed by atoms with Crippen molar-refractivity contribution >= 4 is 27.4 Å². The number of H-pyrrole nitrogens is 1. The van der Waals surface area contributed by atoms with E-state index in [1.54, 1.807) is 18.2 Å². The molecule has 1 aliphatic heterocycles. The summed E-state index contributed by atoms with van der Waals surface area (Å²) in [5, 5.41) is 10.2. The molecule has 2 heterocycles. The number of anilines is 2. The Morgan fingerprint density at radius 3 is 2.64 bits per heavy atom. The number of fused-ring (bicyclic) bond motifs is 1. The number of aromatic nitrogens is 2. The predicted molar refractivity (Wildman–Crippen MR) is 109 cm³/mol. The van der Waals surface area contributed by atoms with Crippen LogP contribution in [-0.2, 0) is 16.4 Å². The molecule has 150 valence electrons. The molecule has 28 heavy (non-hydrogen) atoms. The van der Waals surface area contributed by atoms with Gasteiger partial charge in [-0.1, -0.05) is 25.7 Å². The molecule has 1 fully saturated rings. The zero-order valence-electron chi connectivity index (χ0n) is 16.1. The molecule has 0 radical (unpaired) electrons. The predicted octanol–water partition coefficient (Wildman–Crippen LogP) is 3.42. The summed E-state index contributed by atoms with van der Waals surface area (Å²) in [4.78, 5) is 12.6. The summed E-state index contributed by atoms with van der Waals surface area (Å²) in [6.45, 7) is 0.420. The van der Waals surface area contributed by atoms with E-state index in [4.69, 9.17) is 0 Å². The molecule has 0 saturated heterocycles. The Balaban J connectivity index is 1.46. The molecule has 7 nitrogen and oxygen atoms in total. The van der Waals surface area contributed by atoms with Crippen LogP contribution in [0, 0.1) is 0 Å². The molecule has 2 aliphatic rings. The molecule has 0 bridgehead atoms. The smallest absolute Gasteiger partial charge is 0.256 e. The van der Waals surface area contributed by atoms with E-state index in [1.807, 2.05) is 6.07 Å². The second kappa shape index (κ2) is 7.58. The minimum atomic E-state index is -3.29. The lowest BCUT2D eigenvalue weighted by Crippen LogP contribution is -2.27. The van der Waals surface area contributed by atoms with E-state index in [9.17, 15) is 13.2 Å². The fourth-order valence-corrected chi connectivity index (χ4v) is 5.20. The largest absolute Gasteiger partial charge is 0.305 e. The quantitative estimate of drug-likeness (QED) is 0.766. The van der Waals surface area contributed by atoms with Crippen LogP contribution in [0.4, 0.5) is 11.5 Å². The lowest BCUT2D eigenvalue weighted by Gasteiger charge is -2.16. The number of carbonyl (C=O) groups excluding carboxylic acids is 1. The van der Waals surface area contributed by atoms with Gasteiger partial charge in [-0.25, -0.2) is 8.42 Å². The summed E-state index contributed by atoms with van der Waals surface area (Å²) in [6, 6.07) is 7.08. The first-order valence-corrected chi connectivity index (χ1v) is 11.7. The summed E-state index contributed by atoms with van der Waals surface area (Å²) in [5.74, 6) is 0.782. The van der Waals surface area contributed by atoms with E-state index >= 15 is 0 Å². The highest BCUT2D eigenvalue weighted by molar-refractivity contribution is 7.92. The van der Waals surface area contributed by atoms with Crippen molar-refractivity contribution in [1.29, 1.82) is 0 Å². The van der Waals surface area contributed by atoms with Gasteiger partial charge in [0.2, 0.25) is 10.0 Å². The van der Waals surface area contributed by atoms with E-state index in [0.717, 1.165) is 24.1 Å². The lowest BCUT2D eigenvalue weighted by molar-refractivity contribution is 0.102. The number of nitrogens with zero attached hydrogens (tertiary/aromatic N) is 2. The molecule has 1 aromatic heterocycles. The van der Waals surface area contributed by atoms with Gasteiger partial charge in [0.25, 0.3) is 5.91 Å². The topological polar surface area (TPSA) is 95.2 Å². The van der Waals surface area contributed by atoms with Crippen LogP contribution in [0.15, 0.2) is 24.3 Å². The Hall–Kier alpha value is -2.35. The Bertz CT molecular complexity index is 975. The normalized spacial score (nSPS) is 18.0. The number of benzene rings is 1. The average molecular weight is 403 g/mol. The van der Waals surface area contributed by atoms with Crippen molar-refractivity contribution < 1.29 is 13.2 Å². The summed E-state index contributed by atoms with van der Waals surface area (Å²) < 4.78 is 25.1. The van der Waals surface area contributed by atoms with Crippen molar-refractivity contribution in [2.45, 2.75) is 50.9 Å². The molecular formula is C20H26N4O3S. The van der Waals surface area contributed by atoms with Crippen LogP contribution < -0.4 is 9.62 Å². The van der Waals surface area contributed by atoms with Crippen molar-refractivity contribution in [2.75, 3.05) is 22.4 Å². The van der Waals surface area contributed by atoms with E-state index in [0.29, 0.717) is 36.0 Å². The highest BCUT2D eigenvalue weighted by Gasteiger charge is 2.27. The lowest BCUT2D eigenvalue weighted by atomic mass is 9.97. The fourth-order valence-electron chi connectivity index (χ4n) is 4.25. The Morgan fingerprint density at radius 2 is 1.93 bits per heavy atom. The number of rotatable bonds is 4. The van der Waals surface area contributed by atoms with Crippen molar-refractivity contribution in [3.8, 4) is 0 Å². The van der Waals surface area contributed by atoms with Crippen LogP contribution in [0.3, 0.4) is 0 Å².